The lowest BCUT2D eigenvalue weighted by Crippen LogP contribution is -2.35. The molecule has 6 nitrogen and oxygen atoms in total. The van der Waals surface area contributed by atoms with Crippen molar-refractivity contribution in [2.45, 2.75) is 32.2 Å². The Labute approximate surface area is 145 Å². The number of hydrogen-bond donors (Lipinski definition) is 0. The molecule has 0 spiro atoms. The molecule has 4 rings (SSSR count). The van der Waals surface area contributed by atoms with E-state index in [1.165, 1.54) is 5.56 Å². The number of aryl methyl sites for hydroxylation is 1. The molecule has 0 saturated heterocycles. The Hall–Kier alpha value is -3.02. The van der Waals surface area contributed by atoms with Crippen LogP contribution in [0.3, 0.4) is 0 Å². The van der Waals surface area contributed by atoms with Crippen LogP contribution in [0.15, 0.2) is 53.3 Å². The first kappa shape index (κ1) is 15.5. The van der Waals surface area contributed by atoms with E-state index in [1.807, 2.05) is 35.2 Å². The lowest BCUT2D eigenvalue weighted by molar-refractivity contribution is -0.118. The van der Waals surface area contributed by atoms with Gasteiger partial charge in [-0.15, -0.1) is 0 Å². The number of benzene rings is 1. The Morgan fingerprint density at radius 3 is 3.00 bits per heavy atom. The third kappa shape index (κ3) is 3.03. The quantitative estimate of drug-likeness (QED) is 0.733. The summed E-state index contributed by atoms with van der Waals surface area (Å²) >= 11 is 0. The molecule has 0 unspecified atom stereocenters. The number of nitrogens with zero attached hydrogens (tertiary/aromatic N) is 4. The first-order chi connectivity index (χ1) is 12.2. The highest BCUT2D eigenvalue weighted by Gasteiger charge is 2.30. The van der Waals surface area contributed by atoms with Gasteiger partial charge in [0.05, 0.1) is 0 Å². The fourth-order valence-electron chi connectivity index (χ4n) is 3.25. The highest BCUT2D eigenvalue weighted by Crippen LogP contribution is 2.32. The second-order valence-electron chi connectivity index (χ2n) is 6.20. The Bertz CT molecular complexity index is 891. The van der Waals surface area contributed by atoms with Crippen molar-refractivity contribution in [3.8, 4) is 11.4 Å². The SMILES string of the molecule is C[C@H]1Cc2ccccc2N1C(=O)CCc1nc(-c2cccnc2)no1. The first-order valence-corrected chi connectivity index (χ1v) is 8.35. The van der Waals surface area contributed by atoms with E-state index in [9.17, 15) is 4.79 Å². The van der Waals surface area contributed by atoms with Gasteiger partial charge in [0, 0.05) is 42.5 Å². The zero-order chi connectivity index (χ0) is 17.2. The number of fused-ring (bicyclic) bond motifs is 1. The lowest BCUT2D eigenvalue weighted by atomic mass is 10.1. The fourth-order valence-corrected chi connectivity index (χ4v) is 3.25. The molecule has 1 atom stereocenters. The molecule has 0 fully saturated rings. The molecule has 0 aliphatic carbocycles. The molecule has 1 amide bonds. The van der Waals surface area contributed by atoms with Crippen molar-refractivity contribution in [3.05, 3.63) is 60.2 Å². The molecule has 6 heteroatoms. The molecule has 1 aliphatic heterocycles. The number of aromatic nitrogens is 3. The molecule has 0 saturated carbocycles. The van der Waals surface area contributed by atoms with Crippen LogP contribution in [0.25, 0.3) is 11.4 Å². The Kier molecular flexibility index (Phi) is 4.01. The number of carbonyl (C=O) groups is 1. The summed E-state index contributed by atoms with van der Waals surface area (Å²) in [5, 5.41) is 3.96. The van der Waals surface area contributed by atoms with Crippen molar-refractivity contribution in [2.75, 3.05) is 4.90 Å². The third-order valence-corrected chi connectivity index (χ3v) is 4.42. The van der Waals surface area contributed by atoms with Crippen LogP contribution >= 0.6 is 0 Å². The topological polar surface area (TPSA) is 72.1 Å². The number of carbonyl (C=O) groups excluding carboxylic acids is 1. The van der Waals surface area contributed by atoms with Gasteiger partial charge in [0.1, 0.15) is 0 Å². The summed E-state index contributed by atoms with van der Waals surface area (Å²) in [6.07, 6.45) is 5.04. The van der Waals surface area contributed by atoms with E-state index in [2.05, 4.69) is 28.1 Å². The molecule has 126 valence electrons. The van der Waals surface area contributed by atoms with E-state index in [1.54, 1.807) is 12.4 Å². The van der Waals surface area contributed by atoms with Crippen molar-refractivity contribution in [1.29, 1.82) is 0 Å². The summed E-state index contributed by atoms with van der Waals surface area (Å²) in [6.45, 7) is 2.07. The molecule has 0 radical (unpaired) electrons. The van der Waals surface area contributed by atoms with Gasteiger partial charge in [-0.3, -0.25) is 9.78 Å². The highest BCUT2D eigenvalue weighted by atomic mass is 16.5. The zero-order valence-corrected chi connectivity index (χ0v) is 13.9. The number of hydrogen-bond acceptors (Lipinski definition) is 5. The molecule has 2 aromatic heterocycles. The number of anilines is 1. The van der Waals surface area contributed by atoms with Crippen molar-refractivity contribution < 1.29 is 9.32 Å². The van der Waals surface area contributed by atoms with Crippen LogP contribution < -0.4 is 4.90 Å². The lowest BCUT2D eigenvalue weighted by Gasteiger charge is -2.22. The van der Waals surface area contributed by atoms with Crippen molar-refractivity contribution in [3.63, 3.8) is 0 Å². The second-order valence-corrected chi connectivity index (χ2v) is 6.20. The van der Waals surface area contributed by atoms with Crippen molar-refractivity contribution >= 4 is 11.6 Å². The van der Waals surface area contributed by atoms with E-state index < -0.39 is 0 Å². The van der Waals surface area contributed by atoms with Gasteiger partial charge in [0.2, 0.25) is 17.6 Å². The maximum atomic E-state index is 12.7. The standard InChI is InChI=1S/C19H18N4O2/c1-13-11-14-5-2-3-7-16(14)23(13)18(24)9-8-17-21-19(22-25-17)15-6-4-10-20-12-15/h2-7,10,12-13H,8-9,11H2,1H3/t13-/m0/s1. The molecule has 1 aliphatic rings. The predicted molar refractivity (Wildman–Crippen MR) is 92.9 cm³/mol. The predicted octanol–water partition coefficient (Wildman–Crippen LogP) is 3.04. The molecule has 0 N–H and O–H groups in total. The van der Waals surface area contributed by atoms with Crippen LogP contribution in [0.2, 0.25) is 0 Å². The van der Waals surface area contributed by atoms with Gasteiger partial charge in [-0.1, -0.05) is 23.4 Å². The minimum absolute atomic E-state index is 0.0820. The summed E-state index contributed by atoms with van der Waals surface area (Å²) in [6, 6.07) is 11.9. The van der Waals surface area contributed by atoms with Gasteiger partial charge in [0.15, 0.2) is 0 Å². The van der Waals surface area contributed by atoms with Gasteiger partial charge in [0.25, 0.3) is 0 Å². The fraction of sp³-hybridized carbons (Fsp3) is 0.263. The van der Waals surface area contributed by atoms with E-state index in [-0.39, 0.29) is 11.9 Å². The average molecular weight is 334 g/mol. The normalized spacial score (nSPS) is 16.0. The average Bonchev–Trinajstić information content (AvgIpc) is 3.24. The summed E-state index contributed by atoms with van der Waals surface area (Å²) in [5.74, 6) is 1.04. The number of rotatable bonds is 4. The summed E-state index contributed by atoms with van der Waals surface area (Å²) < 4.78 is 5.27. The van der Waals surface area contributed by atoms with Crippen LogP contribution in [-0.4, -0.2) is 27.1 Å². The number of pyridine rings is 1. The molecule has 25 heavy (non-hydrogen) atoms. The van der Waals surface area contributed by atoms with Crippen LogP contribution in [0.4, 0.5) is 5.69 Å². The van der Waals surface area contributed by atoms with Gasteiger partial charge in [-0.25, -0.2) is 0 Å². The number of amides is 1. The van der Waals surface area contributed by atoms with Gasteiger partial charge < -0.3 is 9.42 Å². The van der Waals surface area contributed by atoms with E-state index in [0.717, 1.165) is 17.7 Å². The molecule has 3 heterocycles. The van der Waals surface area contributed by atoms with Crippen LogP contribution in [-0.2, 0) is 17.6 Å². The molecular formula is C19H18N4O2. The number of para-hydroxylation sites is 1. The van der Waals surface area contributed by atoms with E-state index in [4.69, 9.17) is 4.52 Å². The third-order valence-electron chi connectivity index (χ3n) is 4.42. The second kappa shape index (κ2) is 6.47. The Morgan fingerprint density at radius 1 is 1.28 bits per heavy atom. The molecule has 3 aromatic rings. The summed E-state index contributed by atoms with van der Waals surface area (Å²) in [5.41, 5.74) is 3.03. The Balaban J connectivity index is 1.44. The molecule has 0 bridgehead atoms. The van der Waals surface area contributed by atoms with Gasteiger partial charge in [-0.2, -0.15) is 4.98 Å². The first-order valence-electron chi connectivity index (χ1n) is 8.35. The van der Waals surface area contributed by atoms with Crippen molar-refractivity contribution in [1.82, 2.24) is 15.1 Å². The maximum Gasteiger partial charge on any atom is 0.227 e. The zero-order valence-electron chi connectivity index (χ0n) is 13.9. The highest BCUT2D eigenvalue weighted by molar-refractivity contribution is 5.96. The maximum absolute atomic E-state index is 12.7. The Morgan fingerprint density at radius 2 is 2.16 bits per heavy atom. The van der Waals surface area contributed by atoms with Crippen molar-refractivity contribution in [2.24, 2.45) is 0 Å². The van der Waals surface area contributed by atoms with Gasteiger partial charge in [-0.05, 0) is 37.1 Å². The van der Waals surface area contributed by atoms with Gasteiger partial charge >= 0.3 is 0 Å². The summed E-state index contributed by atoms with van der Waals surface area (Å²) in [4.78, 5) is 23.0. The summed E-state index contributed by atoms with van der Waals surface area (Å²) in [7, 11) is 0. The van der Waals surface area contributed by atoms with E-state index >= 15 is 0 Å². The molecule has 1 aromatic carbocycles. The minimum Gasteiger partial charge on any atom is -0.339 e. The molecular weight excluding hydrogens is 316 g/mol. The van der Waals surface area contributed by atoms with Crippen LogP contribution in [0.1, 0.15) is 24.8 Å². The van der Waals surface area contributed by atoms with Crippen LogP contribution in [0.5, 0.6) is 0 Å². The van der Waals surface area contributed by atoms with E-state index in [0.29, 0.717) is 24.6 Å². The van der Waals surface area contributed by atoms with Crippen LogP contribution in [0, 0.1) is 0 Å². The monoisotopic (exact) mass is 334 g/mol. The smallest absolute Gasteiger partial charge is 0.227 e. The largest absolute Gasteiger partial charge is 0.339 e. The minimum atomic E-state index is 0.0820.